The summed E-state index contributed by atoms with van der Waals surface area (Å²) < 4.78 is 9.99. The van der Waals surface area contributed by atoms with Crippen molar-refractivity contribution < 1.29 is 19.1 Å². The molecular formula is C23H21Cl2N3O4. The van der Waals surface area contributed by atoms with Crippen molar-refractivity contribution in [1.82, 2.24) is 15.3 Å². The Hall–Kier alpha value is -3.00. The quantitative estimate of drug-likeness (QED) is 0.375. The first-order valence-electron chi connectivity index (χ1n) is 9.74. The first-order chi connectivity index (χ1) is 15.4. The molecule has 3 aromatic rings. The van der Waals surface area contributed by atoms with E-state index in [1.54, 1.807) is 48.8 Å². The Bertz CT molecular complexity index is 1110. The molecule has 7 nitrogen and oxygen atoms in total. The Morgan fingerprint density at radius 2 is 1.66 bits per heavy atom. The fourth-order valence-corrected chi connectivity index (χ4v) is 3.24. The van der Waals surface area contributed by atoms with Crippen LogP contribution < -0.4 is 5.32 Å². The maximum absolute atomic E-state index is 12.6. The SMILES string of the molecule is COCCOC(=O)c1ccc(-c2nccnc2C(C)NC(=O)c2ccc(Cl)c(Cl)c2)cc1. The number of esters is 1. The minimum atomic E-state index is -0.445. The number of methoxy groups -OCH3 is 1. The fourth-order valence-electron chi connectivity index (χ4n) is 2.94. The Morgan fingerprint density at radius 1 is 0.969 bits per heavy atom. The van der Waals surface area contributed by atoms with E-state index in [1.165, 1.54) is 13.2 Å². The number of aromatic nitrogens is 2. The Labute approximate surface area is 195 Å². The van der Waals surface area contributed by atoms with Crippen LogP contribution in [0, 0.1) is 0 Å². The topological polar surface area (TPSA) is 90.4 Å². The monoisotopic (exact) mass is 473 g/mol. The summed E-state index contributed by atoms with van der Waals surface area (Å²) in [7, 11) is 1.54. The van der Waals surface area contributed by atoms with Crippen LogP contribution in [0.2, 0.25) is 10.0 Å². The van der Waals surface area contributed by atoms with E-state index in [9.17, 15) is 9.59 Å². The van der Waals surface area contributed by atoms with Crippen molar-refractivity contribution in [2.24, 2.45) is 0 Å². The van der Waals surface area contributed by atoms with Crippen LogP contribution in [-0.4, -0.2) is 42.2 Å². The van der Waals surface area contributed by atoms with Crippen LogP contribution in [0.4, 0.5) is 0 Å². The number of amides is 1. The number of halogens is 2. The molecule has 0 aliphatic carbocycles. The highest BCUT2D eigenvalue weighted by Gasteiger charge is 2.19. The molecule has 1 atom stereocenters. The van der Waals surface area contributed by atoms with Gasteiger partial charge in [-0.1, -0.05) is 35.3 Å². The summed E-state index contributed by atoms with van der Waals surface area (Å²) in [5, 5.41) is 3.57. The fraction of sp³-hybridized carbons (Fsp3) is 0.217. The molecule has 0 saturated carbocycles. The van der Waals surface area contributed by atoms with Crippen molar-refractivity contribution in [3.05, 3.63) is 81.7 Å². The number of ether oxygens (including phenoxy) is 2. The van der Waals surface area contributed by atoms with Gasteiger partial charge in [0.2, 0.25) is 0 Å². The third-order valence-electron chi connectivity index (χ3n) is 4.58. The number of carbonyl (C=O) groups excluding carboxylic acids is 2. The molecule has 32 heavy (non-hydrogen) atoms. The third kappa shape index (κ3) is 5.82. The number of hydrogen-bond acceptors (Lipinski definition) is 6. The van der Waals surface area contributed by atoms with Gasteiger partial charge < -0.3 is 14.8 Å². The molecule has 0 spiro atoms. The Balaban J connectivity index is 1.77. The van der Waals surface area contributed by atoms with Crippen LogP contribution in [0.1, 0.15) is 39.4 Å². The van der Waals surface area contributed by atoms with Gasteiger partial charge >= 0.3 is 5.97 Å². The molecule has 2 aromatic carbocycles. The van der Waals surface area contributed by atoms with Gasteiger partial charge in [-0.05, 0) is 37.3 Å². The third-order valence-corrected chi connectivity index (χ3v) is 5.32. The second-order valence-electron chi connectivity index (χ2n) is 6.82. The van der Waals surface area contributed by atoms with Crippen LogP contribution in [-0.2, 0) is 9.47 Å². The van der Waals surface area contributed by atoms with E-state index in [0.717, 1.165) is 5.56 Å². The van der Waals surface area contributed by atoms with E-state index >= 15 is 0 Å². The molecular weight excluding hydrogens is 453 g/mol. The first kappa shape index (κ1) is 23.7. The molecule has 1 unspecified atom stereocenters. The largest absolute Gasteiger partial charge is 0.460 e. The smallest absolute Gasteiger partial charge is 0.338 e. The van der Waals surface area contributed by atoms with Gasteiger partial charge in [0.05, 0.1) is 39.6 Å². The molecule has 9 heteroatoms. The second kappa shape index (κ2) is 11.0. The average Bonchev–Trinajstić information content (AvgIpc) is 2.81. The first-order valence-corrected chi connectivity index (χ1v) is 10.5. The molecule has 166 valence electrons. The van der Waals surface area contributed by atoms with E-state index in [-0.39, 0.29) is 12.5 Å². The lowest BCUT2D eigenvalue weighted by atomic mass is 10.0. The molecule has 0 bridgehead atoms. The molecule has 1 heterocycles. The van der Waals surface area contributed by atoms with E-state index in [4.69, 9.17) is 32.7 Å². The molecule has 0 saturated heterocycles. The van der Waals surface area contributed by atoms with E-state index in [0.29, 0.717) is 39.2 Å². The molecule has 1 N–H and O–H groups in total. The highest BCUT2D eigenvalue weighted by atomic mass is 35.5. The van der Waals surface area contributed by atoms with Crippen molar-refractivity contribution in [2.75, 3.05) is 20.3 Å². The number of rotatable bonds is 8. The van der Waals surface area contributed by atoms with Crippen LogP contribution in [0.25, 0.3) is 11.3 Å². The predicted molar refractivity (Wildman–Crippen MR) is 122 cm³/mol. The number of nitrogens with zero attached hydrogens (tertiary/aromatic N) is 2. The van der Waals surface area contributed by atoms with Crippen LogP contribution >= 0.6 is 23.2 Å². The highest BCUT2D eigenvalue weighted by molar-refractivity contribution is 6.42. The van der Waals surface area contributed by atoms with E-state index in [2.05, 4.69) is 15.3 Å². The van der Waals surface area contributed by atoms with Crippen molar-refractivity contribution >= 4 is 35.1 Å². The van der Waals surface area contributed by atoms with Crippen LogP contribution in [0.3, 0.4) is 0 Å². The van der Waals surface area contributed by atoms with Gasteiger partial charge in [0.1, 0.15) is 6.61 Å². The van der Waals surface area contributed by atoms with Crippen molar-refractivity contribution in [3.63, 3.8) is 0 Å². The summed E-state index contributed by atoms with van der Waals surface area (Å²) in [5.41, 5.74) is 2.71. The molecule has 1 aromatic heterocycles. The molecule has 0 fully saturated rings. The van der Waals surface area contributed by atoms with Gasteiger partial charge in [0.25, 0.3) is 5.91 Å². The lowest BCUT2D eigenvalue weighted by molar-refractivity contribution is 0.0388. The summed E-state index contributed by atoms with van der Waals surface area (Å²) in [6, 6.07) is 11.1. The van der Waals surface area contributed by atoms with Gasteiger partial charge in [-0.15, -0.1) is 0 Å². The van der Waals surface area contributed by atoms with Gasteiger partial charge in [-0.25, -0.2) is 4.79 Å². The van der Waals surface area contributed by atoms with Crippen molar-refractivity contribution in [2.45, 2.75) is 13.0 Å². The number of hydrogen-bond donors (Lipinski definition) is 1. The maximum Gasteiger partial charge on any atom is 0.338 e. The molecule has 0 aliphatic heterocycles. The van der Waals surface area contributed by atoms with Crippen LogP contribution in [0.15, 0.2) is 54.9 Å². The van der Waals surface area contributed by atoms with Crippen molar-refractivity contribution in [1.29, 1.82) is 0 Å². The van der Waals surface area contributed by atoms with Gasteiger partial charge in [-0.3, -0.25) is 14.8 Å². The van der Waals surface area contributed by atoms with Gasteiger partial charge in [0.15, 0.2) is 0 Å². The number of benzene rings is 2. The zero-order valence-electron chi connectivity index (χ0n) is 17.5. The van der Waals surface area contributed by atoms with Gasteiger partial charge in [-0.2, -0.15) is 0 Å². The Kier molecular flexibility index (Phi) is 8.16. The highest BCUT2D eigenvalue weighted by Crippen LogP contribution is 2.26. The average molecular weight is 474 g/mol. The summed E-state index contributed by atoms with van der Waals surface area (Å²) in [5.74, 6) is -0.753. The summed E-state index contributed by atoms with van der Waals surface area (Å²) in [6.45, 7) is 2.32. The predicted octanol–water partition coefficient (Wildman–Crippen LogP) is 4.74. The van der Waals surface area contributed by atoms with Crippen LogP contribution in [0.5, 0.6) is 0 Å². The zero-order chi connectivity index (χ0) is 23.1. The second-order valence-corrected chi connectivity index (χ2v) is 7.63. The molecule has 3 rings (SSSR count). The lowest BCUT2D eigenvalue weighted by Gasteiger charge is -2.17. The summed E-state index contributed by atoms with van der Waals surface area (Å²) in [4.78, 5) is 33.6. The maximum atomic E-state index is 12.6. The number of carbonyl (C=O) groups is 2. The summed E-state index contributed by atoms with van der Waals surface area (Å²) in [6.07, 6.45) is 3.13. The standard InChI is InChI=1S/C23H21Cl2N3O4/c1-14(28-22(29)17-7-8-18(24)19(25)13-17)20-21(27-10-9-26-20)15-3-5-16(6-4-15)23(30)32-12-11-31-2/h3-10,13-14H,11-12H2,1-2H3,(H,28,29). The molecule has 0 radical (unpaired) electrons. The lowest BCUT2D eigenvalue weighted by Crippen LogP contribution is -2.27. The normalized spacial score (nSPS) is 11.6. The van der Waals surface area contributed by atoms with E-state index in [1.807, 2.05) is 6.92 Å². The minimum absolute atomic E-state index is 0.182. The minimum Gasteiger partial charge on any atom is -0.460 e. The molecule has 0 aliphatic rings. The van der Waals surface area contributed by atoms with Gasteiger partial charge in [0, 0.05) is 30.6 Å². The van der Waals surface area contributed by atoms with Crippen molar-refractivity contribution in [3.8, 4) is 11.3 Å². The summed E-state index contributed by atoms with van der Waals surface area (Å²) >= 11 is 11.9. The Morgan fingerprint density at radius 3 is 2.34 bits per heavy atom. The number of nitrogens with one attached hydrogen (secondary N) is 1. The molecule has 1 amide bonds. The van der Waals surface area contributed by atoms with E-state index < -0.39 is 12.0 Å². The zero-order valence-corrected chi connectivity index (χ0v) is 19.0.